The van der Waals surface area contributed by atoms with Crippen molar-refractivity contribution in [3.8, 4) is 5.75 Å². The van der Waals surface area contributed by atoms with Crippen molar-refractivity contribution in [2.45, 2.75) is 25.4 Å². The van der Waals surface area contributed by atoms with Gasteiger partial charge in [-0.25, -0.2) is 0 Å². The van der Waals surface area contributed by atoms with E-state index in [1.54, 1.807) is 4.90 Å². The summed E-state index contributed by atoms with van der Waals surface area (Å²) in [5, 5.41) is 9.69. The van der Waals surface area contributed by atoms with Crippen molar-refractivity contribution in [3.05, 3.63) is 57.6 Å². The number of aliphatic hydroxyl groups is 1. The first kappa shape index (κ1) is 15.7. The molecule has 5 heteroatoms. The van der Waals surface area contributed by atoms with Crippen LogP contribution in [-0.4, -0.2) is 24.2 Å². The van der Waals surface area contributed by atoms with Gasteiger partial charge in [0.15, 0.2) is 0 Å². The predicted octanol–water partition coefficient (Wildman–Crippen LogP) is 3.86. The average Bonchev–Trinajstić information content (AvgIpc) is 3.43. The first-order valence-corrected chi connectivity index (χ1v) is 8.95. The first-order valence-electron chi connectivity index (χ1n) is 8.16. The fourth-order valence-electron chi connectivity index (χ4n) is 3.19. The van der Waals surface area contributed by atoms with E-state index in [0.29, 0.717) is 35.9 Å². The van der Waals surface area contributed by atoms with Crippen LogP contribution in [0.4, 0.5) is 5.69 Å². The van der Waals surface area contributed by atoms with Gasteiger partial charge in [0.25, 0.3) is 5.91 Å². The van der Waals surface area contributed by atoms with Crippen LogP contribution in [0.3, 0.4) is 0 Å². The molecule has 1 aliphatic heterocycles. The normalized spacial score (nSPS) is 17.2. The van der Waals surface area contributed by atoms with Crippen molar-refractivity contribution in [3.63, 3.8) is 0 Å². The third-order valence-corrected chi connectivity index (χ3v) is 5.39. The summed E-state index contributed by atoms with van der Waals surface area (Å²) in [4.78, 5) is 14.8. The van der Waals surface area contributed by atoms with Crippen LogP contribution in [0.2, 0.25) is 0 Å². The Morgan fingerprint density at radius 1 is 1.25 bits per heavy atom. The summed E-state index contributed by atoms with van der Waals surface area (Å²) >= 11 is 3.45. The number of hydrogen-bond acceptors (Lipinski definition) is 3. The maximum absolute atomic E-state index is 13.1. The van der Waals surface area contributed by atoms with Crippen molar-refractivity contribution in [2.75, 3.05) is 18.1 Å². The lowest BCUT2D eigenvalue weighted by molar-refractivity contribution is 0.0989. The number of fused-ring (bicyclic) bond motifs is 1. The zero-order valence-corrected chi connectivity index (χ0v) is 14.8. The number of hydrogen-bond donors (Lipinski definition) is 1. The minimum absolute atomic E-state index is 0.0855. The zero-order valence-electron chi connectivity index (χ0n) is 13.2. The van der Waals surface area contributed by atoms with Crippen LogP contribution in [0.15, 0.2) is 40.9 Å². The van der Waals surface area contributed by atoms with Gasteiger partial charge in [0.1, 0.15) is 12.4 Å². The number of rotatable bonds is 3. The van der Waals surface area contributed by atoms with E-state index < -0.39 is 0 Å². The van der Waals surface area contributed by atoms with E-state index in [1.165, 1.54) is 18.4 Å². The van der Waals surface area contributed by atoms with E-state index in [1.807, 2.05) is 36.4 Å². The smallest absolute Gasteiger partial charge is 0.262 e. The van der Waals surface area contributed by atoms with Gasteiger partial charge in [-0.1, -0.05) is 28.1 Å². The van der Waals surface area contributed by atoms with Crippen molar-refractivity contribution >= 4 is 27.5 Å². The largest absolute Gasteiger partial charge is 0.491 e. The van der Waals surface area contributed by atoms with E-state index in [4.69, 9.17) is 4.74 Å². The van der Waals surface area contributed by atoms with Gasteiger partial charge in [0.05, 0.1) is 24.4 Å². The second-order valence-corrected chi connectivity index (χ2v) is 7.09. The summed E-state index contributed by atoms with van der Waals surface area (Å²) in [6, 6.07) is 11.5. The molecule has 1 amide bonds. The summed E-state index contributed by atoms with van der Waals surface area (Å²) in [5.41, 5.74) is 3.28. The van der Waals surface area contributed by atoms with Gasteiger partial charge in [-0.05, 0) is 48.6 Å². The summed E-state index contributed by atoms with van der Waals surface area (Å²) in [6.07, 6.45) is 2.44. The SMILES string of the molecule is O=C1c2ccc(C3CC3)cc2OCCN1c1cccc(Br)c1CO. The van der Waals surface area contributed by atoms with Crippen molar-refractivity contribution in [1.29, 1.82) is 0 Å². The molecule has 0 saturated heterocycles. The minimum Gasteiger partial charge on any atom is -0.491 e. The molecule has 0 aromatic heterocycles. The highest BCUT2D eigenvalue weighted by atomic mass is 79.9. The molecule has 0 atom stereocenters. The molecular formula is C19H18BrNO3. The number of nitrogens with zero attached hydrogens (tertiary/aromatic N) is 1. The molecule has 24 heavy (non-hydrogen) atoms. The Kier molecular flexibility index (Phi) is 4.06. The highest BCUT2D eigenvalue weighted by Crippen LogP contribution is 2.42. The molecule has 0 bridgehead atoms. The molecule has 0 spiro atoms. The molecule has 124 valence electrons. The highest BCUT2D eigenvalue weighted by molar-refractivity contribution is 9.10. The van der Waals surface area contributed by atoms with Gasteiger partial charge < -0.3 is 14.7 Å². The zero-order chi connectivity index (χ0) is 16.7. The van der Waals surface area contributed by atoms with Crippen LogP contribution in [-0.2, 0) is 6.61 Å². The van der Waals surface area contributed by atoms with E-state index in [9.17, 15) is 9.90 Å². The highest BCUT2D eigenvalue weighted by Gasteiger charge is 2.29. The Balaban J connectivity index is 1.74. The number of benzene rings is 2. The molecule has 1 aliphatic carbocycles. The Labute approximate surface area is 149 Å². The van der Waals surface area contributed by atoms with E-state index in [-0.39, 0.29) is 12.5 Å². The van der Waals surface area contributed by atoms with Crippen LogP contribution < -0.4 is 9.64 Å². The van der Waals surface area contributed by atoms with Gasteiger partial charge in [-0.3, -0.25) is 4.79 Å². The Morgan fingerprint density at radius 3 is 2.83 bits per heavy atom. The maximum atomic E-state index is 13.1. The standard InChI is InChI=1S/C19H18BrNO3/c20-16-2-1-3-17(15(16)11-22)21-8-9-24-18-10-13(12-4-5-12)6-7-14(18)19(21)23/h1-3,6-7,10,12,22H,4-5,8-9,11H2. The maximum Gasteiger partial charge on any atom is 0.262 e. The minimum atomic E-state index is -0.130. The van der Waals surface area contributed by atoms with Crippen LogP contribution in [0.5, 0.6) is 5.75 Å². The van der Waals surface area contributed by atoms with Crippen LogP contribution in [0.1, 0.15) is 40.2 Å². The lowest BCUT2D eigenvalue weighted by Gasteiger charge is -2.23. The fourth-order valence-corrected chi connectivity index (χ4v) is 3.67. The summed E-state index contributed by atoms with van der Waals surface area (Å²) < 4.78 is 6.65. The lowest BCUT2D eigenvalue weighted by atomic mass is 10.1. The molecule has 1 heterocycles. The van der Waals surface area contributed by atoms with E-state index in [0.717, 1.165) is 10.2 Å². The number of amides is 1. The molecule has 1 saturated carbocycles. The summed E-state index contributed by atoms with van der Waals surface area (Å²) in [6.45, 7) is 0.759. The van der Waals surface area contributed by atoms with Gasteiger partial charge in [0, 0.05) is 10.0 Å². The fraction of sp³-hybridized carbons (Fsp3) is 0.316. The van der Waals surface area contributed by atoms with Crippen LogP contribution in [0.25, 0.3) is 0 Å². The Bertz CT molecular complexity index is 801. The number of halogens is 1. The molecule has 1 N–H and O–H groups in total. The Hall–Kier alpha value is -1.85. The number of anilines is 1. The molecule has 2 aromatic carbocycles. The third-order valence-electron chi connectivity index (χ3n) is 4.65. The molecule has 0 radical (unpaired) electrons. The second-order valence-electron chi connectivity index (χ2n) is 6.23. The first-order chi connectivity index (χ1) is 11.7. The molecule has 4 rings (SSSR count). The molecule has 4 nitrogen and oxygen atoms in total. The Morgan fingerprint density at radius 2 is 2.08 bits per heavy atom. The number of aliphatic hydroxyl groups excluding tert-OH is 1. The van der Waals surface area contributed by atoms with E-state index in [2.05, 4.69) is 15.9 Å². The monoisotopic (exact) mass is 387 g/mol. The van der Waals surface area contributed by atoms with Gasteiger partial charge >= 0.3 is 0 Å². The molecule has 2 aliphatic rings. The summed E-state index contributed by atoms with van der Waals surface area (Å²) in [5.74, 6) is 1.21. The lowest BCUT2D eigenvalue weighted by Crippen LogP contribution is -2.33. The quantitative estimate of drug-likeness (QED) is 0.869. The van der Waals surface area contributed by atoms with Crippen molar-refractivity contribution < 1.29 is 14.6 Å². The number of ether oxygens (including phenoxy) is 1. The topological polar surface area (TPSA) is 49.8 Å². The third kappa shape index (κ3) is 2.72. The van der Waals surface area contributed by atoms with Gasteiger partial charge in [-0.15, -0.1) is 0 Å². The number of carbonyl (C=O) groups is 1. The van der Waals surface area contributed by atoms with Gasteiger partial charge in [0.2, 0.25) is 0 Å². The summed E-state index contributed by atoms with van der Waals surface area (Å²) in [7, 11) is 0. The molecule has 1 fully saturated rings. The molecule has 2 aromatic rings. The van der Waals surface area contributed by atoms with Gasteiger partial charge in [-0.2, -0.15) is 0 Å². The second kappa shape index (κ2) is 6.22. The molecular weight excluding hydrogens is 370 g/mol. The van der Waals surface area contributed by atoms with Crippen LogP contribution in [0, 0.1) is 0 Å². The molecule has 0 unspecified atom stereocenters. The van der Waals surface area contributed by atoms with Crippen molar-refractivity contribution in [1.82, 2.24) is 0 Å². The average molecular weight is 388 g/mol. The number of carbonyl (C=O) groups excluding carboxylic acids is 1. The van der Waals surface area contributed by atoms with E-state index >= 15 is 0 Å². The van der Waals surface area contributed by atoms with Crippen molar-refractivity contribution in [2.24, 2.45) is 0 Å². The predicted molar refractivity (Wildman–Crippen MR) is 95.7 cm³/mol. The van der Waals surface area contributed by atoms with Crippen LogP contribution >= 0.6 is 15.9 Å².